The van der Waals surface area contributed by atoms with Gasteiger partial charge in [0, 0.05) is 10.0 Å². The van der Waals surface area contributed by atoms with Crippen molar-refractivity contribution in [2.24, 2.45) is 0 Å². The Kier molecular flexibility index (Phi) is 2.99. The molecule has 0 spiro atoms. The molecule has 0 aromatic heterocycles. The monoisotopic (exact) mass is 316 g/mol. The molecule has 2 aliphatic rings. The average Bonchev–Trinajstić information content (AvgIpc) is 2.33. The number of benzene rings is 1. The molecule has 92 valence electrons. The normalized spacial score (nSPS) is 26.5. The Hall–Kier alpha value is -0.410. The largest absolute Gasteiger partial charge is 0.486 e. The molecule has 1 aromatic rings. The molecule has 17 heavy (non-hydrogen) atoms. The molecule has 0 fully saturated rings. The average molecular weight is 318 g/mol. The van der Waals surface area contributed by atoms with Gasteiger partial charge >= 0.3 is 0 Å². The van der Waals surface area contributed by atoms with Crippen molar-refractivity contribution in [2.45, 2.75) is 31.1 Å². The van der Waals surface area contributed by atoms with E-state index in [1.54, 1.807) is 0 Å². The lowest BCUT2D eigenvalue weighted by atomic mass is 9.83. The maximum Gasteiger partial charge on any atom is 0.166 e. The topological polar surface area (TPSA) is 18.5 Å². The molecule has 1 aliphatic carbocycles. The van der Waals surface area contributed by atoms with Crippen molar-refractivity contribution < 1.29 is 9.47 Å². The Morgan fingerprint density at radius 1 is 1.24 bits per heavy atom. The van der Waals surface area contributed by atoms with Gasteiger partial charge in [-0.2, -0.15) is 0 Å². The molecule has 4 heteroatoms. The highest BCUT2D eigenvalue weighted by atomic mass is 79.9. The lowest BCUT2D eigenvalue weighted by molar-refractivity contribution is 0.168. The molecule has 2 atom stereocenters. The van der Waals surface area contributed by atoms with Gasteiger partial charge in [0.2, 0.25) is 0 Å². The molecule has 0 radical (unpaired) electrons. The maximum absolute atomic E-state index is 6.47. The molecule has 1 aliphatic heterocycles. The van der Waals surface area contributed by atoms with Crippen LogP contribution in [0.15, 0.2) is 10.5 Å². The van der Waals surface area contributed by atoms with E-state index < -0.39 is 0 Å². The second-order valence-corrected chi connectivity index (χ2v) is 6.04. The lowest BCUT2D eigenvalue weighted by Gasteiger charge is -2.32. The summed E-state index contributed by atoms with van der Waals surface area (Å²) in [4.78, 5) is 0. The summed E-state index contributed by atoms with van der Waals surface area (Å²) < 4.78 is 12.5. The fourth-order valence-electron chi connectivity index (χ4n) is 2.69. The highest BCUT2D eigenvalue weighted by molar-refractivity contribution is 9.10. The first-order chi connectivity index (χ1) is 8.18. The zero-order valence-electron chi connectivity index (χ0n) is 9.63. The first-order valence-corrected chi connectivity index (χ1v) is 7.17. The third-order valence-corrected chi connectivity index (χ3v) is 4.61. The van der Waals surface area contributed by atoms with Crippen molar-refractivity contribution in [3.8, 4) is 11.5 Å². The third-order valence-electron chi connectivity index (χ3n) is 3.52. The Morgan fingerprint density at radius 2 is 2.00 bits per heavy atom. The number of fused-ring (bicyclic) bond motifs is 3. The van der Waals surface area contributed by atoms with E-state index in [-0.39, 0.29) is 5.38 Å². The zero-order chi connectivity index (χ0) is 12.0. The summed E-state index contributed by atoms with van der Waals surface area (Å²) in [6, 6.07) is 2.01. The van der Waals surface area contributed by atoms with Crippen molar-refractivity contribution in [3.63, 3.8) is 0 Å². The van der Waals surface area contributed by atoms with E-state index in [4.69, 9.17) is 21.1 Å². The molecule has 0 amide bonds. The van der Waals surface area contributed by atoms with Crippen LogP contribution in [0, 0.1) is 0 Å². The molecule has 0 saturated carbocycles. The van der Waals surface area contributed by atoms with Crippen LogP contribution in [-0.2, 0) is 0 Å². The number of hydrogen-bond donors (Lipinski definition) is 0. The molecule has 0 N–H and O–H groups in total. The summed E-state index contributed by atoms with van der Waals surface area (Å²) >= 11 is 10.1. The summed E-state index contributed by atoms with van der Waals surface area (Å²) in [6.45, 7) is 3.46. The summed E-state index contributed by atoms with van der Waals surface area (Å²) in [5.74, 6) is 2.20. The predicted octanol–water partition coefficient (Wildman–Crippen LogP) is 4.40. The van der Waals surface area contributed by atoms with Crippen molar-refractivity contribution in [3.05, 3.63) is 21.7 Å². The fourth-order valence-corrected chi connectivity index (χ4v) is 3.85. The zero-order valence-corrected chi connectivity index (χ0v) is 12.0. The minimum atomic E-state index is 0.0362. The van der Waals surface area contributed by atoms with Crippen LogP contribution in [0.5, 0.6) is 11.5 Å². The SMILES string of the molecule is CC1CCC(Cl)c2c3c(cc(Br)c21)OCCO3. The minimum Gasteiger partial charge on any atom is -0.486 e. The summed E-state index contributed by atoms with van der Waals surface area (Å²) in [5, 5.41) is 0.0362. The smallest absolute Gasteiger partial charge is 0.166 e. The predicted molar refractivity (Wildman–Crippen MR) is 71.4 cm³/mol. The lowest BCUT2D eigenvalue weighted by Crippen LogP contribution is -2.20. The quantitative estimate of drug-likeness (QED) is 0.660. The number of halogens is 2. The second-order valence-electron chi connectivity index (χ2n) is 4.66. The third kappa shape index (κ3) is 1.84. The molecular weight excluding hydrogens is 303 g/mol. The molecule has 3 rings (SSSR count). The molecule has 0 bridgehead atoms. The van der Waals surface area contributed by atoms with E-state index in [1.165, 1.54) is 5.56 Å². The van der Waals surface area contributed by atoms with E-state index in [1.807, 2.05) is 6.07 Å². The van der Waals surface area contributed by atoms with Gasteiger partial charge in [0.1, 0.15) is 13.2 Å². The summed E-state index contributed by atoms with van der Waals surface area (Å²) in [6.07, 6.45) is 2.13. The van der Waals surface area contributed by atoms with Gasteiger partial charge in [-0.05, 0) is 30.4 Å². The molecule has 2 unspecified atom stereocenters. The Balaban J connectivity index is 2.24. The number of hydrogen-bond acceptors (Lipinski definition) is 2. The van der Waals surface area contributed by atoms with E-state index in [0.717, 1.165) is 34.4 Å². The van der Waals surface area contributed by atoms with Crippen LogP contribution in [0.1, 0.15) is 42.2 Å². The van der Waals surface area contributed by atoms with Crippen LogP contribution in [0.25, 0.3) is 0 Å². The van der Waals surface area contributed by atoms with Gasteiger partial charge in [0.15, 0.2) is 11.5 Å². The van der Waals surface area contributed by atoms with E-state index in [0.29, 0.717) is 19.1 Å². The van der Waals surface area contributed by atoms with E-state index >= 15 is 0 Å². The molecule has 2 nitrogen and oxygen atoms in total. The highest BCUT2D eigenvalue weighted by Crippen LogP contribution is 2.52. The van der Waals surface area contributed by atoms with Gasteiger partial charge in [-0.25, -0.2) is 0 Å². The van der Waals surface area contributed by atoms with Gasteiger partial charge in [-0.1, -0.05) is 22.9 Å². The number of rotatable bonds is 0. The standard InChI is InChI=1S/C13H14BrClO2/c1-7-2-3-9(15)12-11(7)8(14)6-10-13(12)17-5-4-16-10/h6-7,9H,2-5H2,1H3. The summed E-state index contributed by atoms with van der Waals surface area (Å²) in [5.41, 5.74) is 2.43. The fraction of sp³-hybridized carbons (Fsp3) is 0.538. The van der Waals surface area contributed by atoms with Crippen LogP contribution in [0.3, 0.4) is 0 Å². The van der Waals surface area contributed by atoms with E-state index in [9.17, 15) is 0 Å². The van der Waals surface area contributed by atoms with Gasteiger partial charge in [0.25, 0.3) is 0 Å². The van der Waals surface area contributed by atoms with Crippen molar-refractivity contribution >= 4 is 27.5 Å². The molecule has 0 saturated heterocycles. The second kappa shape index (κ2) is 4.36. The van der Waals surface area contributed by atoms with Gasteiger partial charge in [-0.15, -0.1) is 11.6 Å². The molecule has 1 aromatic carbocycles. The van der Waals surface area contributed by atoms with Gasteiger partial charge < -0.3 is 9.47 Å². The Bertz CT molecular complexity index is 461. The molecule has 1 heterocycles. The van der Waals surface area contributed by atoms with Gasteiger partial charge in [0.05, 0.1) is 5.38 Å². The minimum absolute atomic E-state index is 0.0362. The van der Waals surface area contributed by atoms with Crippen molar-refractivity contribution in [2.75, 3.05) is 13.2 Å². The highest BCUT2D eigenvalue weighted by Gasteiger charge is 2.32. The van der Waals surface area contributed by atoms with Crippen LogP contribution in [0.2, 0.25) is 0 Å². The van der Waals surface area contributed by atoms with Crippen LogP contribution in [-0.4, -0.2) is 13.2 Å². The Morgan fingerprint density at radius 3 is 2.82 bits per heavy atom. The number of alkyl halides is 1. The molecular formula is C13H14BrClO2. The van der Waals surface area contributed by atoms with Crippen LogP contribution >= 0.6 is 27.5 Å². The maximum atomic E-state index is 6.47. The van der Waals surface area contributed by atoms with E-state index in [2.05, 4.69) is 22.9 Å². The Labute approximate surface area is 114 Å². The first kappa shape index (κ1) is 11.7. The van der Waals surface area contributed by atoms with Crippen molar-refractivity contribution in [1.82, 2.24) is 0 Å². The van der Waals surface area contributed by atoms with Crippen LogP contribution < -0.4 is 9.47 Å². The van der Waals surface area contributed by atoms with Crippen LogP contribution in [0.4, 0.5) is 0 Å². The van der Waals surface area contributed by atoms with Crippen molar-refractivity contribution in [1.29, 1.82) is 0 Å². The van der Waals surface area contributed by atoms with Gasteiger partial charge in [-0.3, -0.25) is 0 Å². The number of ether oxygens (including phenoxy) is 2. The first-order valence-electron chi connectivity index (χ1n) is 5.94. The summed E-state index contributed by atoms with van der Waals surface area (Å²) in [7, 11) is 0.